The molecular weight excluding hydrogens is 232 g/mol. The van der Waals surface area contributed by atoms with Gasteiger partial charge in [0.15, 0.2) is 0 Å². The second-order valence-corrected chi connectivity index (χ2v) is 5.13. The standard InChI is InChI=1S/C8H16N4O3S/c1-6(3-4-15-2)12-16(13,14)7-5-10-11-8(7)9/h5-6,12H,3-4H2,1-2H3,(H3,9,10,11). The summed E-state index contributed by atoms with van der Waals surface area (Å²) in [6.45, 7) is 2.25. The first-order chi connectivity index (χ1) is 7.47. The van der Waals surface area contributed by atoms with Gasteiger partial charge in [0.2, 0.25) is 10.0 Å². The Balaban J connectivity index is 2.69. The number of methoxy groups -OCH3 is 1. The Morgan fingerprint density at radius 3 is 2.88 bits per heavy atom. The van der Waals surface area contributed by atoms with E-state index in [4.69, 9.17) is 10.5 Å². The van der Waals surface area contributed by atoms with Crippen LogP contribution >= 0.6 is 0 Å². The molecule has 1 aromatic heterocycles. The highest BCUT2D eigenvalue weighted by atomic mass is 32.2. The third kappa shape index (κ3) is 3.19. The van der Waals surface area contributed by atoms with E-state index in [2.05, 4.69) is 14.9 Å². The van der Waals surface area contributed by atoms with Gasteiger partial charge in [-0.2, -0.15) is 5.10 Å². The molecule has 92 valence electrons. The largest absolute Gasteiger partial charge is 0.385 e. The van der Waals surface area contributed by atoms with Crippen LogP contribution in [0, 0.1) is 0 Å². The summed E-state index contributed by atoms with van der Waals surface area (Å²) in [5.41, 5.74) is 5.44. The van der Waals surface area contributed by atoms with Gasteiger partial charge in [0, 0.05) is 19.8 Å². The maximum atomic E-state index is 11.8. The summed E-state index contributed by atoms with van der Waals surface area (Å²) in [7, 11) is -2.04. The lowest BCUT2D eigenvalue weighted by Gasteiger charge is -2.12. The lowest BCUT2D eigenvalue weighted by Crippen LogP contribution is -2.33. The molecule has 0 radical (unpaired) electrons. The van der Waals surface area contributed by atoms with E-state index in [9.17, 15) is 8.42 Å². The fourth-order valence-corrected chi connectivity index (χ4v) is 2.48. The molecule has 16 heavy (non-hydrogen) atoms. The normalized spacial score (nSPS) is 13.9. The van der Waals surface area contributed by atoms with Crippen LogP contribution in [-0.4, -0.2) is 38.4 Å². The average molecular weight is 248 g/mol. The maximum absolute atomic E-state index is 11.8. The predicted octanol–water partition coefficient (Wildman–Crippen LogP) is -0.305. The van der Waals surface area contributed by atoms with Crippen molar-refractivity contribution in [2.45, 2.75) is 24.3 Å². The molecule has 1 unspecified atom stereocenters. The second-order valence-electron chi connectivity index (χ2n) is 3.45. The van der Waals surface area contributed by atoms with Gasteiger partial charge in [0.1, 0.15) is 10.7 Å². The van der Waals surface area contributed by atoms with Crippen LogP contribution in [0.5, 0.6) is 0 Å². The Labute approximate surface area is 94.4 Å². The number of hydrogen-bond acceptors (Lipinski definition) is 5. The molecule has 0 saturated heterocycles. The van der Waals surface area contributed by atoms with Gasteiger partial charge < -0.3 is 10.5 Å². The number of aromatic nitrogens is 2. The lowest BCUT2D eigenvalue weighted by atomic mass is 10.3. The number of anilines is 1. The molecule has 4 N–H and O–H groups in total. The summed E-state index contributed by atoms with van der Waals surface area (Å²) >= 11 is 0. The number of nitrogens with one attached hydrogen (secondary N) is 2. The van der Waals surface area contributed by atoms with E-state index in [1.807, 2.05) is 0 Å². The number of H-pyrrole nitrogens is 1. The molecule has 1 heterocycles. The summed E-state index contributed by atoms with van der Waals surface area (Å²) < 4.78 is 30.9. The van der Waals surface area contributed by atoms with E-state index < -0.39 is 10.0 Å². The fraction of sp³-hybridized carbons (Fsp3) is 0.625. The van der Waals surface area contributed by atoms with Crippen molar-refractivity contribution in [1.82, 2.24) is 14.9 Å². The number of rotatable bonds is 6. The Hall–Kier alpha value is -1.12. The third-order valence-corrected chi connectivity index (χ3v) is 3.65. The SMILES string of the molecule is COCCC(C)NS(=O)(=O)c1cn[nH]c1N. The molecule has 0 amide bonds. The molecule has 1 rings (SSSR count). The minimum atomic E-state index is -3.60. The lowest BCUT2D eigenvalue weighted by molar-refractivity contribution is 0.188. The van der Waals surface area contributed by atoms with E-state index in [1.54, 1.807) is 14.0 Å². The van der Waals surface area contributed by atoms with Crippen molar-refractivity contribution < 1.29 is 13.2 Å². The van der Waals surface area contributed by atoms with Gasteiger partial charge >= 0.3 is 0 Å². The highest BCUT2D eigenvalue weighted by Gasteiger charge is 2.21. The molecule has 1 aromatic rings. The number of nitrogens with zero attached hydrogens (tertiary/aromatic N) is 1. The zero-order chi connectivity index (χ0) is 12.2. The van der Waals surface area contributed by atoms with Crippen molar-refractivity contribution in [3.05, 3.63) is 6.20 Å². The van der Waals surface area contributed by atoms with Gasteiger partial charge in [-0.25, -0.2) is 13.1 Å². The van der Waals surface area contributed by atoms with Crippen molar-refractivity contribution in [1.29, 1.82) is 0 Å². The van der Waals surface area contributed by atoms with Gasteiger partial charge in [0.05, 0.1) is 6.20 Å². The zero-order valence-corrected chi connectivity index (χ0v) is 10.0. The number of nitrogen functional groups attached to an aromatic ring is 1. The number of ether oxygens (including phenoxy) is 1. The van der Waals surface area contributed by atoms with Crippen molar-refractivity contribution in [2.24, 2.45) is 0 Å². The molecule has 0 aliphatic carbocycles. The number of nitrogens with two attached hydrogens (primary N) is 1. The van der Waals surface area contributed by atoms with Gasteiger partial charge in [-0.1, -0.05) is 0 Å². The minimum Gasteiger partial charge on any atom is -0.385 e. The van der Waals surface area contributed by atoms with Crippen LogP contribution in [0.1, 0.15) is 13.3 Å². The third-order valence-electron chi connectivity index (χ3n) is 2.03. The van der Waals surface area contributed by atoms with Crippen LogP contribution in [0.3, 0.4) is 0 Å². The zero-order valence-electron chi connectivity index (χ0n) is 9.23. The van der Waals surface area contributed by atoms with E-state index in [0.717, 1.165) is 0 Å². The molecule has 0 spiro atoms. The highest BCUT2D eigenvalue weighted by molar-refractivity contribution is 7.89. The van der Waals surface area contributed by atoms with Gasteiger partial charge in [-0.15, -0.1) is 0 Å². The Bertz CT molecular complexity index is 428. The quantitative estimate of drug-likeness (QED) is 0.640. The highest BCUT2D eigenvalue weighted by Crippen LogP contribution is 2.14. The molecule has 0 aliphatic rings. The molecule has 0 aliphatic heterocycles. The van der Waals surface area contributed by atoms with Crippen LogP contribution in [0.25, 0.3) is 0 Å². The summed E-state index contributed by atoms with van der Waals surface area (Å²) in [5, 5.41) is 5.94. The molecule has 0 aromatic carbocycles. The van der Waals surface area contributed by atoms with Crippen molar-refractivity contribution in [3.8, 4) is 0 Å². The summed E-state index contributed by atoms with van der Waals surface area (Å²) in [5.74, 6) is 0.0337. The molecule has 7 nitrogen and oxygen atoms in total. The number of aromatic amines is 1. The summed E-state index contributed by atoms with van der Waals surface area (Å²) in [6, 6.07) is -0.223. The molecule has 8 heteroatoms. The summed E-state index contributed by atoms with van der Waals surface area (Å²) in [6.07, 6.45) is 1.77. The van der Waals surface area contributed by atoms with Crippen LogP contribution in [0.15, 0.2) is 11.1 Å². The monoisotopic (exact) mass is 248 g/mol. The van der Waals surface area contributed by atoms with E-state index in [1.165, 1.54) is 6.20 Å². The van der Waals surface area contributed by atoms with Crippen molar-refractivity contribution in [2.75, 3.05) is 19.5 Å². The molecule has 0 saturated carbocycles. The first-order valence-corrected chi connectivity index (χ1v) is 6.26. The van der Waals surface area contributed by atoms with Crippen molar-refractivity contribution >= 4 is 15.8 Å². The van der Waals surface area contributed by atoms with Crippen LogP contribution < -0.4 is 10.5 Å². The fourth-order valence-electron chi connectivity index (χ4n) is 1.18. The first-order valence-electron chi connectivity index (χ1n) is 4.77. The minimum absolute atomic E-state index is 0.0308. The van der Waals surface area contributed by atoms with Crippen LogP contribution in [0.2, 0.25) is 0 Å². The first kappa shape index (κ1) is 12.9. The molecule has 0 fully saturated rings. The Morgan fingerprint density at radius 2 is 2.38 bits per heavy atom. The Morgan fingerprint density at radius 1 is 1.69 bits per heavy atom. The van der Waals surface area contributed by atoms with Crippen molar-refractivity contribution in [3.63, 3.8) is 0 Å². The Kier molecular flexibility index (Phi) is 4.27. The van der Waals surface area contributed by atoms with E-state index in [0.29, 0.717) is 13.0 Å². The summed E-state index contributed by atoms with van der Waals surface area (Å²) in [4.78, 5) is -0.0308. The van der Waals surface area contributed by atoms with E-state index >= 15 is 0 Å². The average Bonchev–Trinajstić information content (AvgIpc) is 2.61. The van der Waals surface area contributed by atoms with Gasteiger partial charge in [-0.3, -0.25) is 5.10 Å². The molecule has 1 atom stereocenters. The second kappa shape index (κ2) is 5.28. The number of sulfonamides is 1. The molecule has 0 bridgehead atoms. The van der Waals surface area contributed by atoms with Crippen LogP contribution in [0.4, 0.5) is 5.82 Å². The van der Waals surface area contributed by atoms with E-state index in [-0.39, 0.29) is 16.8 Å². The smallest absolute Gasteiger partial charge is 0.246 e. The topological polar surface area (TPSA) is 110 Å². The van der Waals surface area contributed by atoms with Gasteiger partial charge in [0.25, 0.3) is 0 Å². The molecular formula is C8H16N4O3S. The van der Waals surface area contributed by atoms with Gasteiger partial charge in [-0.05, 0) is 13.3 Å². The van der Waals surface area contributed by atoms with Crippen LogP contribution in [-0.2, 0) is 14.8 Å². The number of hydrogen-bond donors (Lipinski definition) is 3. The maximum Gasteiger partial charge on any atom is 0.246 e. The predicted molar refractivity (Wildman–Crippen MR) is 59.3 cm³/mol.